The number of ether oxygens (including phenoxy) is 1. The molecule has 0 saturated carbocycles. The van der Waals surface area contributed by atoms with Crippen LogP contribution in [-0.2, 0) is 9.53 Å². The Morgan fingerprint density at radius 1 is 1.59 bits per heavy atom. The summed E-state index contributed by atoms with van der Waals surface area (Å²) in [4.78, 5) is 14.2. The molecule has 17 heavy (non-hydrogen) atoms. The molecule has 98 valence electrons. The van der Waals surface area contributed by atoms with Gasteiger partial charge in [0.1, 0.15) is 0 Å². The first-order valence-corrected chi connectivity index (χ1v) is 6.77. The predicted molar refractivity (Wildman–Crippen MR) is 66.5 cm³/mol. The van der Waals surface area contributed by atoms with Crippen molar-refractivity contribution in [2.75, 3.05) is 19.8 Å². The monoisotopic (exact) mass is 240 g/mol. The van der Waals surface area contributed by atoms with Crippen LogP contribution in [-0.4, -0.2) is 42.8 Å². The van der Waals surface area contributed by atoms with E-state index in [4.69, 9.17) is 4.74 Å². The van der Waals surface area contributed by atoms with Crippen LogP contribution in [0.15, 0.2) is 0 Å². The van der Waals surface area contributed by atoms with Gasteiger partial charge in [0.05, 0.1) is 18.8 Å². The van der Waals surface area contributed by atoms with Crippen molar-refractivity contribution in [2.24, 2.45) is 11.8 Å². The van der Waals surface area contributed by atoms with E-state index in [1.807, 2.05) is 4.90 Å². The molecule has 2 saturated heterocycles. The molecule has 4 nitrogen and oxygen atoms in total. The van der Waals surface area contributed by atoms with Crippen molar-refractivity contribution >= 4 is 5.91 Å². The van der Waals surface area contributed by atoms with Gasteiger partial charge in [0, 0.05) is 19.1 Å². The van der Waals surface area contributed by atoms with Gasteiger partial charge in [-0.1, -0.05) is 20.3 Å². The van der Waals surface area contributed by atoms with E-state index in [0.29, 0.717) is 24.6 Å². The summed E-state index contributed by atoms with van der Waals surface area (Å²) in [6.45, 7) is 8.78. The van der Waals surface area contributed by atoms with E-state index in [9.17, 15) is 4.79 Å². The summed E-state index contributed by atoms with van der Waals surface area (Å²) in [5, 5.41) is 3.33. The number of carbonyl (C=O) groups is 1. The number of hydrogen-bond acceptors (Lipinski definition) is 3. The molecule has 1 amide bonds. The first-order valence-electron chi connectivity index (χ1n) is 6.77. The van der Waals surface area contributed by atoms with E-state index in [2.05, 4.69) is 26.1 Å². The standard InChI is InChI=1S/C13H24N2O2/c1-4-9(2)12-13(16)15(8-14-12)7-11-5-6-17-10(11)3/h9-12,14H,4-8H2,1-3H3. The molecule has 2 rings (SSSR count). The summed E-state index contributed by atoms with van der Waals surface area (Å²) >= 11 is 0. The lowest BCUT2D eigenvalue weighted by atomic mass is 9.98. The van der Waals surface area contributed by atoms with Crippen LogP contribution < -0.4 is 5.32 Å². The highest BCUT2D eigenvalue weighted by Gasteiger charge is 2.36. The third-order valence-corrected chi connectivity index (χ3v) is 4.28. The van der Waals surface area contributed by atoms with Crippen LogP contribution in [0.2, 0.25) is 0 Å². The summed E-state index contributed by atoms with van der Waals surface area (Å²) in [7, 11) is 0. The molecule has 2 aliphatic heterocycles. The van der Waals surface area contributed by atoms with Crippen molar-refractivity contribution < 1.29 is 9.53 Å². The Morgan fingerprint density at radius 3 is 2.94 bits per heavy atom. The van der Waals surface area contributed by atoms with Gasteiger partial charge in [0.15, 0.2) is 0 Å². The number of carbonyl (C=O) groups excluding carboxylic acids is 1. The summed E-state index contributed by atoms with van der Waals surface area (Å²) in [5.41, 5.74) is 0. The van der Waals surface area contributed by atoms with Gasteiger partial charge in [-0.25, -0.2) is 0 Å². The number of nitrogens with zero attached hydrogens (tertiary/aromatic N) is 1. The second-order valence-corrected chi connectivity index (χ2v) is 5.41. The zero-order valence-electron chi connectivity index (χ0n) is 11.1. The average Bonchev–Trinajstić information content (AvgIpc) is 2.87. The molecule has 4 atom stereocenters. The van der Waals surface area contributed by atoms with E-state index < -0.39 is 0 Å². The Bertz CT molecular complexity index is 283. The molecule has 2 fully saturated rings. The Morgan fingerprint density at radius 2 is 2.35 bits per heavy atom. The van der Waals surface area contributed by atoms with Crippen molar-refractivity contribution in [1.29, 1.82) is 0 Å². The highest BCUT2D eigenvalue weighted by Crippen LogP contribution is 2.23. The van der Waals surface area contributed by atoms with Crippen LogP contribution >= 0.6 is 0 Å². The molecule has 0 radical (unpaired) electrons. The maximum atomic E-state index is 12.2. The Labute approximate surface area is 104 Å². The van der Waals surface area contributed by atoms with E-state index in [1.165, 1.54) is 0 Å². The van der Waals surface area contributed by atoms with E-state index in [-0.39, 0.29) is 11.9 Å². The molecule has 4 unspecified atom stereocenters. The van der Waals surface area contributed by atoms with Crippen molar-refractivity contribution in [3.8, 4) is 0 Å². The Kier molecular flexibility index (Phi) is 4.05. The second-order valence-electron chi connectivity index (χ2n) is 5.41. The predicted octanol–water partition coefficient (Wildman–Crippen LogP) is 1.22. The lowest BCUT2D eigenvalue weighted by Crippen LogP contribution is -2.38. The van der Waals surface area contributed by atoms with E-state index in [1.54, 1.807) is 0 Å². The summed E-state index contributed by atoms with van der Waals surface area (Å²) in [6.07, 6.45) is 2.42. The van der Waals surface area contributed by atoms with Crippen molar-refractivity contribution in [3.63, 3.8) is 0 Å². The topological polar surface area (TPSA) is 41.6 Å². The Hall–Kier alpha value is -0.610. The van der Waals surface area contributed by atoms with Gasteiger partial charge in [-0.15, -0.1) is 0 Å². The highest BCUT2D eigenvalue weighted by molar-refractivity contribution is 5.84. The molecule has 4 heteroatoms. The molecule has 0 aromatic carbocycles. The normalized spacial score (nSPS) is 35.6. The molecule has 1 N–H and O–H groups in total. The first-order chi connectivity index (χ1) is 8.13. The van der Waals surface area contributed by atoms with Crippen molar-refractivity contribution in [2.45, 2.75) is 45.8 Å². The summed E-state index contributed by atoms with van der Waals surface area (Å²) in [6, 6.07) is 0.0256. The average molecular weight is 240 g/mol. The lowest BCUT2D eigenvalue weighted by Gasteiger charge is -2.22. The molecular weight excluding hydrogens is 216 g/mol. The highest BCUT2D eigenvalue weighted by atomic mass is 16.5. The van der Waals surface area contributed by atoms with Crippen LogP contribution in [0.25, 0.3) is 0 Å². The van der Waals surface area contributed by atoms with E-state index in [0.717, 1.165) is 26.0 Å². The van der Waals surface area contributed by atoms with Gasteiger partial charge in [0.2, 0.25) is 5.91 Å². The van der Waals surface area contributed by atoms with Gasteiger partial charge in [-0.05, 0) is 19.3 Å². The zero-order valence-corrected chi connectivity index (χ0v) is 11.1. The van der Waals surface area contributed by atoms with Gasteiger partial charge in [0.25, 0.3) is 0 Å². The van der Waals surface area contributed by atoms with Gasteiger partial charge in [-0.2, -0.15) is 0 Å². The molecule has 0 aromatic rings. The minimum Gasteiger partial charge on any atom is -0.378 e. The third-order valence-electron chi connectivity index (χ3n) is 4.28. The second kappa shape index (κ2) is 5.36. The van der Waals surface area contributed by atoms with Crippen LogP contribution in [0, 0.1) is 11.8 Å². The maximum Gasteiger partial charge on any atom is 0.241 e. The fourth-order valence-electron chi connectivity index (χ4n) is 2.70. The number of rotatable bonds is 4. The largest absolute Gasteiger partial charge is 0.378 e. The minimum atomic E-state index is 0.0256. The SMILES string of the molecule is CCC(C)C1NCN(CC2CCOC2C)C1=O. The fourth-order valence-corrected chi connectivity index (χ4v) is 2.70. The maximum absolute atomic E-state index is 12.2. The van der Waals surface area contributed by atoms with Crippen LogP contribution in [0.1, 0.15) is 33.6 Å². The summed E-state index contributed by atoms with van der Waals surface area (Å²) in [5.74, 6) is 1.21. The molecule has 2 aliphatic rings. The zero-order chi connectivity index (χ0) is 12.4. The minimum absolute atomic E-state index is 0.0256. The van der Waals surface area contributed by atoms with Gasteiger partial charge in [-0.3, -0.25) is 10.1 Å². The number of amides is 1. The molecule has 0 aromatic heterocycles. The lowest BCUT2D eigenvalue weighted by molar-refractivity contribution is -0.130. The van der Waals surface area contributed by atoms with E-state index >= 15 is 0 Å². The molecule has 0 aliphatic carbocycles. The molecule has 0 bridgehead atoms. The van der Waals surface area contributed by atoms with Gasteiger partial charge < -0.3 is 9.64 Å². The fraction of sp³-hybridized carbons (Fsp3) is 0.923. The van der Waals surface area contributed by atoms with Crippen LogP contribution in [0.3, 0.4) is 0 Å². The third kappa shape index (κ3) is 2.63. The molecular formula is C13H24N2O2. The van der Waals surface area contributed by atoms with Crippen LogP contribution in [0.5, 0.6) is 0 Å². The van der Waals surface area contributed by atoms with Crippen molar-refractivity contribution in [3.05, 3.63) is 0 Å². The smallest absolute Gasteiger partial charge is 0.241 e. The molecule has 2 heterocycles. The van der Waals surface area contributed by atoms with Crippen molar-refractivity contribution in [1.82, 2.24) is 10.2 Å². The first kappa shape index (κ1) is 12.8. The summed E-state index contributed by atoms with van der Waals surface area (Å²) < 4.78 is 5.55. The number of hydrogen-bond donors (Lipinski definition) is 1. The quantitative estimate of drug-likeness (QED) is 0.803. The number of nitrogens with one attached hydrogen (secondary N) is 1. The van der Waals surface area contributed by atoms with Crippen LogP contribution in [0.4, 0.5) is 0 Å². The molecule has 0 spiro atoms. The van der Waals surface area contributed by atoms with Gasteiger partial charge >= 0.3 is 0 Å². The Balaban J connectivity index is 1.89.